The van der Waals surface area contributed by atoms with E-state index in [-0.39, 0.29) is 5.91 Å². The van der Waals surface area contributed by atoms with Crippen LogP contribution in [0, 0.1) is 31.1 Å². The lowest BCUT2D eigenvalue weighted by Crippen LogP contribution is -2.13. The molecule has 0 saturated carbocycles. The first-order valence-electron chi connectivity index (χ1n) is 9.16. The zero-order valence-corrected chi connectivity index (χ0v) is 16.4. The van der Waals surface area contributed by atoms with Crippen LogP contribution in [0.15, 0.2) is 0 Å². The predicted molar refractivity (Wildman–Crippen MR) is 102 cm³/mol. The van der Waals surface area contributed by atoms with Crippen molar-refractivity contribution in [2.75, 3.05) is 5.32 Å². The van der Waals surface area contributed by atoms with Crippen molar-refractivity contribution in [2.45, 2.75) is 65.8 Å². The van der Waals surface area contributed by atoms with E-state index in [0.717, 1.165) is 40.6 Å². The van der Waals surface area contributed by atoms with Gasteiger partial charge in [0, 0.05) is 17.0 Å². The highest BCUT2D eigenvalue weighted by Crippen LogP contribution is 2.32. The Balaban J connectivity index is 1.58. The number of carbonyl (C=O) groups is 1. The van der Waals surface area contributed by atoms with E-state index >= 15 is 0 Å². The number of thiazole rings is 1. The number of carbonyl (C=O) groups excluding carboxylic acids is 1. The molecule has 1 atom stereocenters. The third-order valence-corrected chi connectivity index (χ3v) is 6.04. The van der Waals surface area contributed by atoms with Gasteiger partial charge in [-0.3, -0.25) is 9.48 Å². The van der Waals surface area contributed by atoms with Gasteiger partial charge in [-0.05, 0) is 51.0 Å². The van der Waals surface area contributed by atoms with E-state index in [1.54, 1.807) is 11.3 Å². The van der Waals surface area contributed by atoms with Crippen molar-refractivity contribution in [3.8, 4) is 6.07 Å². The van der Waals surface area contributed by atoms with Gasteiger partial charge in [-0.15, -0.1) is 11.3 Å². The lowest BCUT2D eigenvalue weighted by molar-refractivity contribution is -0.116. The first kappa shape index (κ1) is 18.6. The summed E-state index contributed by atoms with van der Waals surface area (Å²) < 4.78 is 1.86. The number of aryl methyl sites for hydroxylation is 3. The largest absolute Gasteiger partial charge is 0.302 e. The van der Waals surface area contributed by atoms with Crippen molar-refractivity contribution in [2.24, 2.45) is 5.92 Å². The molecule has 2 aromatic rings. The summed E-state index contributed by atoms with van der Waals surface area (Å²) in [5.41, 5.74) is 4.25. The summed E-state index contributed by atoms with van der Waals surface area (Å²) in [4.78, 5) is 18.3. The summed E-state index contributed by atoms with van der Waals surface area (Å²) in [5, 5.41) is 16.9. The summed E-state index contributed by atoms with van der Waals surface area (Å²) in [6.45, 7) is 6.82. The number of rotatable bonds is 6. The summed E-state index contributed by atoms with van der Waals surface area (Å²) in [6.07, 6.45) is 4.77. The first-order chi connectivity index (χ1) is 12.5. The maximum Gasteiger partial charge on any atom is 0.226 e. The third-order valence-electron chi connectivity index (χ3n) is 5.00. The molecule has 26 heavy (non-hydrogen) atoms. The highest BCUT2D eigenvalue weighted by atomic mass is 32.1. The number of nitriles is 1. The maximum atomic E-state index is 12.3. The molecule has 2 heterocycles. The molecule has 7 heteroatoms. The Morgan fingerprint density at radius 3 is 3.04 bits per heavy atom. The predicted octanol–water partition coefficient (Wildman–Crippen LogP) is 3.57. The SMILES string of the molecule is Cc1nn(CCC#N)c(C)c1CCC(=O)Nc1nc2c(s1)C[C@@H](C)CC2. The van der Waals surface area contributed by atoms with Gasteiger partial charge in [-0.2, -0.15) is 10.4 Å². The Labute approximate surface area is 158 Å². The van der Waals surface area contributed by atoms with Crippen LogP contribution in [0.5, 0.6) is 0 Å². The lowest BCUT2D eigenvalue weighted by Gasteiger charge is -2.15. The van der Waals surface area contributed by atoms with Crippen molar-refractivity contribution in [1.82, 2.24) is 14.8 Å². The molecule has 2 aromatic heterocycles. The molecule has 1 N–H and O–H groups in total. The fourth-order valence-corrected chi connectivity index (χ4v) is 4.67. The monoisotopic (exact) mass is 371 g/mol. The van der Waals surface area contributed by atoms with E-state index in [4.69, 9.17) is 5.26 Å². The lowest BCUT2D eigenvalue weighted by atomic mass is 9.93. The van der Waals surface area contributed by atoms with Crippen molar-refractivity contribution in [1.29, 1.82) is 5.26 Å². The summed E-state index contributed by atoms with van der Waals surface area (Å²) in [6, 6.07) is 2.14. The Kier molecular flexibility index (Phi) is 5.72. The Hall–Kier alpha value is -2.20. The second kappa shape index (κ2) is 8.00. The maximum absolute atomic E-state index is 12.3. The zero-order chi connectivity index (χ0) is 18.7. The number of nitrogens with one attached hydrogen (secondary N) is 1. The average molecular weight is 372 g/mol. The van der Waals surface area contributed by atoms with Gasteiger partial charge in [0.25, 0.3) is 0 Å². The van der Waals surface area contributed by atoms with E-state index in [1.165, 1.54) is 11.3 Å². The third kappa shape index (κ3) is 4.13. The van der Waals surface area contributed by atoms with Gasteiger partial charge >= 0.3 is 0 Å². The minimum absolute atomic E-state index is 0.00674. The quantitative estimate of drug-likeness (QED) is 0.841. The fraction of sp³-hybridized carbons (Fsp3) is 0.579. The highest BCUT2D eigenvalue weighted by Gasteiger charge is 2.20. The van der Waals surface area contributed by atoms with Gasteiger partial charge in [0.05, 0.1) is 30.4 Å². The second-order valence-corrected chi connectivity index (χ2v) is 8.15. The molecule has 1 aliphatic rings. The number of aromatic nitrogens is 3. The molecule has 1 aliphatic carbocycles. The van der Waals surface area contributed by atoms with Crippen molar-refractivity contribution >= 4 is 22.4 Å². The molecule has 6 nitrogen and oxygen atoms in total. The molecule has 138 valence electrons. The highest BCUT2D eigenvalue weighted by molar-refractivity contribution is 7.15. The van der Waals surface area contributed by atoms with Gasteiger partial charge < -0.3 is 5.32 Å². The number of hydrogen-bond acceptors (Lipinski definition) is 5. The van der Waals surface area contributed by atoms with Crippen molar-refractivity contribution in [3.63, 3.8) is 0 Å². The molecule has 3 rings (SSSR count). The second-order valence-electron chi connectivity index (χ2n) is 7.07. The Morgan fingerprint density at radius 2 is 2.27 bits per heavy atom. The number of hydrogen-bond donors (Lipinski definition) is 1. The summed E-state index contributed by atoms with van der Waals surface area (Å²) in [7, 11) is 0. The summed E-state index contributed by atoms with van der Waals surface area (Å²) >= 11 is 1.62. The van der Waals surface area contributed by atoms with Crippen LogP contribution in [-0.4, -0.2) is 20.7 Å². The van der Waals surface area contributed by atoms with Gasteiger partial charge in [0.1, 0.15) is 0 Å². The van der Waals surface area contributed by atoms with Crippen LogP contribution in [0.2, 0.25) is 0 Å². The normalized spacial score (nSPS) is 16.2. The van der Waals surface area contributed by atoms with Gasteiger partial charge in [0.2, 0.25) is 5.91 Å². The topological polar surface area (TPSA) is 83.6 Å². The minimum atomic E-state index is -0.00674. The summed E-state index contributed by atoms with van der Waals surface area (Å²) in [5.74, 6) is 0.697. The van der Waals surface area contributed by atoms with Crippen LogP contribution < -0.4 is 5.32 Å². The first-order valence-corrected chi connectivity index (χ1v) is 9.97. The zero-order valence-electron chi connectivity index (χ0n) is 15.6. The molecular weight excluding hydrogens is 346 g/mol. The minimum Gasteiger partial charge on any atom is -0.302 e. The molecule has 1 amide bonds. The number of nitrogens with zero attached hydrogens (tertiary/aromatic N) is 4. The molecule has 0 radical (unpaired) electrons. The van der Waals surface area contributed by atoms with Crippen LogP contribution >= 0.6 is 11.3 Å². The van der Waals surface area contributed by atoms with Crippen LogP contribution in [-0.2, 0) is 30.6 Å². The van der Waals surface area contributed by atoms with E-state index in [1.807, 2.05) is 18.5 Å². The Morgan fingerprint density at radius 1 is 1.46 bits per heavy atom. The number of fused-ring (bicyclic) bond motifs is 1. The smallest absolute Gasteiger partial charge is 0.226 e. The van der Waals surface area contributed by atoms with Crippen molar-refractivity contribution in [3.05, 3.63) is 27.5 Å². The van der Waals surface area contributed by atoms with Crippen LogP contribution in [0.4, 0.5) is 5.13 Å². The average Bonchev–Trinajstić information content (AvgIpc) is 3.11. The molecule has 0 spiro atoms. The molecule has 0 fully saturated rings. The van der Waals surface area contributed by atoms with Crippen LogP contribution in [0.25, 0.3) is 0 Å². The van der Waals surface area contributed by atoms with Gasteiger partial charge in [-0.1, -0.05) is 6.92 Å². The standard InChI is InChI=1S/C19H25N5OS/c1-12-5-7-16-17(11-12)26-19(21-16)22-18(25)8-6-15-13(2)23-24(14(15)3)10-4-9-20/h12H,4-8,10-11H2,1-3H3,(H,21,22,25)/t12-/m0/s1. The molecule has 0 bridgehead atoms. The van der Waals surface area contributed by atoms with E-state index in [9.17, 15) is 4.79 Å². The van der Waals surface area contributed by atoms with Gasteiger partial charge in [-0.25, -0.2) is 4.98 Å². The van der Waals surface area contributed by atoms with E-state index in [2.05, 4.69) is 28.4 Å². The molecule has 0 aromatic carbocycles. The fourth-order valence-electron chi connectivity index (χ4n) is 3.48. The van der Waals surface area contributed by atoms with E-state index in [0.29, 0.717) is 31.7 Å². The molecule has 0 saturated heterocycles. The van der Waals surface area contributed by atoms with Crippen molar-refractivity contribution < 1.29 is 4.79 Å². The van der Waals surface area contributed by atoms with E-state index < -0.39 is 0 Å². The molecule has 0 unspecified atom stereocenters. The molecule has 0 aliphatic heterocycles. The number of amides is 1. The van der Waals surface area contributed by atoms with Gasteiger partial charge in [0.15, 0.2) is 5.13 Å². The van der Waals surface area contributed by atoms with Crippen LogP contribution in [0.1, 0.15) is 53.7 Å². The van der Waals surface area contributed by atoms with Crippen LogP contribution in [0.3, 0.4) is 0 Å². The Bertz CT molecular complexity index is 845. The number of anilines is 1. The molecular formula is C19H25N5OS.